The van der Waals surface area contributed by atoms with Crippen molar-refractivity contribution in [2.75, 3.05) is 12.8 Å². The number of halogens is 2. The molecule has 1 unspecified atom stereocenters. The van der Waals surface area contributed by atoms with Crippen molar-refractivity contribution in [3.8, 4) is 22.4 Å². The highest BCUT2D eigenvalue weighted by molar-refractivity contribution is 5.83. The zero-order valence-corrected chi connectivity index (χ0v) is 19.1. The fourth-order valence-corrected chi connectivity index (χ4v) is 4.48. The number of ether oxygens (including phenoxy) is 1. The van der Waals surface area contributed by atoms with Gasteiger partial charge in [-0.1, -0.05) is 25.1 Å². The Balaban J connectivity index is 1.66. The van der Waals surface area contributed by atoms with Crippen molar-refractivity contribution in [2.24, 2.45) is 11.1 Å². The van der Waals surface area contributed by atoms with Gasteiger partial charge < -0.3 is 16.2 Å². The smallest absolute Gasteiger partial charge is 0.248 e. The van der Waals surface area contributed by atoms with Gasteiger partial charge in [0.15, 0.2) is 5.88 Å². The molecule has 1 atom stereocenters. The molecule has 174 valence electrons. The number of aryl methyl sites for hydroxylation is 1. The molecule has 6 nitrogen and oxygen atoms in total. The van der Waals surface area contributed by atoms with Crippen LogP contribution in [0, 0.1) is 12.3 Å². The van der Waals surface area contributed by atoms with Crippen LogP contribution in [0.2, 0.25) is 0 Å². The topological polar surface area (TPSA) is 92.0 Å². The van der Waals surface area contributed by atoms with Crippen molar-refractivity contribution < 1.29 is 13.5 Å². The third-order valence-electron chi connectivity index (χ3n) is 6.20. The molecule has 33 heavy (non-hydrogen) atoms. The first-order valence-corrected chi connectivity index (χ1v) is 10.9. The Morgan fingerprint density at radius 2 is 2.00 bits per heavy atom. The van der Waals surface area contributed by atoms with E-state index >= 15 is 0 Å². The van der Waals surface area contributed by atoms with Gasteiger partial charge in [0, 0.05) is 65.3 Å². The van der Waals surface area contributed by atoms with E-state index in [9.17, 15) is 8.78 Å². The molecule has 2 heterocycles. The molecule has 4 N–H and O–H groups in total. The van der Waals surface area contributed by atoms with E-state index in [1.54, 1.807) is 17.0 Å². The summed E-state index contributed by atoms with van der Waals surface area (Å²) < 4.78 is 34.3. The Morgan fingerprint density at radius 1 is 1.21 bits per heavy atom. The van der Waals surface area contributed by atoms with Gasteiger partial charge in [0.2, 0.25) is 5.92 Å². The van der Waals surface area contributed by atoms with E-state index in [-0.39, 0.29) is 18.7 Å². The minimum Gasteiger partial charge on any atom is -0.483 e. The van der Waals surface area contributed by atoms with E-state index in [4.69, 9.17) is 21.2 Å². The molecule has 0 amide bonds. The van der Waals surface area contributed by atoms with Crippen molar-refractivity contribution in [1.82, 2.24) is 14.8 Å². The normalized spacial score (nSPS) is 20.2. The minimum absolute atomic E-state index is 0.0632. The van der Waals surface area contributed by atoms with Crippen LogP contribution in [0.1, 0.15) is 37.4 Å². The summed E-state index contributed by atoms with van der Waals surface area (Å²) in [5.41, 5.74) is 17.1. The predicted octanol–water partition coefficient (Wildman–Crippen LogP) is 5.23. The highest BCUT2D eigenvalue weighted by Crippen LogP contribution is 2.48. The fourth-order valence-electron chi connectivity index (χ4n) is 4.48. The van der Waals surface area contributed by atoms with Crippen LogP contribution in [0.25, 0.3) is 28.5 Å². The highest BCUT2D eigenvalue weighted by Gasteiger charge is 2.46. The first-order valence-electron chi connectivity index (χ1n) is 10.9. The number of anilines is 1. The Hall–Kier alpha value is -3.42. The maximum atomic E-state index is 13.8. The monoisotopic (exact) mass is 453 g/mol. The zero-order chi connectivity index (χ0) is 23.8. The van der Waals surface area contributed by atoms with Gasteiger partial charge in [-0.2, -0.15) is 5.10 Å². The number of nitrogens with zero attached hydrogens (tertiary/aromatic N) is 3. The Labute approximate surface area is 192 Å². The number of nitrogens with two attached hydrogens (primary N) is 2. The summed E-state index contributed by atoms with van der Waals surface area (Å²) in [6, 6.07) is 9.59. The highest BCUT2D eigenvalue weighted by atomic mass is 19.3. The van der Waals surface area contributed by atoms with Crippen molar-refractivity contribution in [2.45, 2.75) is 45.6 Å². The molecule has 0 aliphatic heterocycles. The van der Waals surface area contributed by atoms with E-state index in [0.717, 1.165) is 33.6 Å². The summed E-state index contributed by atoms with van der Waals surface area (Å²) in [6.45, 7) is 4.28. The molecule has 0 radical (unpaired) electrons. The number of aromatic nitrogens is 3. The maximum Gasteiger partial charge on any atom is 0.248 e. The lowest BCUT2D eigenvalue weighted by Gasteiger charge is -2.23. The summed E-state index contributed by atoms with van der Waals surface area (Å²) in [5, 5.41) is 4.46. The van der Waals surface area contributed by atoms with Crippen LogP contribution in [0.15, 0.2) is 48.6 Å². The molecule has 0 spiro atoms. The molecule has 1 aliphatic carbocycles. The van der Waals surface area contributed by atoms with Gasteiger partial charge in [0.05, 0.1) is 19.0 Å². The Bertz CT molecular complexity index is 1200. The fraction of sp³-hybridized carbons (Fsp3) is 0.360. The molecule has 1 aliphatic rings. The number of benzene rings is 1. The van der Waals surface area contributed by atoms with Crippen LogP contribution in [-0.4, -0.2) is 27.8 Å². The molecule has 1 fully saturated rings. The maximum absolute atomic E-state index is 13.8. The van der Waals surface area contributed by atoms with Gasteiger partial charge in [-0.25, -0.2) is 8.78 Å². The number of rotatable bonds is 6. The summed E-state index contributed by atoms with van der Waals surface area (Å²) in [6.07, 6.45) is 5.64. The second kappa shape index (κ2) is 8.50. The largest absolute Gasteiger partial charge is 0.483 e. The second-order valence-corrected chi connectivity index (χ2v) is 9.21. The van der Waals surface area contributed by atoms with Crippen molar-refractivity contribution in [3.63, 3.8) is 0 Å². The Morgan fingerprint density at radius 3 is 2.67 bits per heavy atom. The molecule has 2 aromatic heterocycles. The van der Waals surface area contributed by atoms with Crippen LogP contribution < -0.4 is 11.5 Å². The number of alkyl halides is 2. The molecule has 3 aromatic rings. The molecule has 0 saturated heterocycles. The second-order valence-electron chi connectivity index (χ2n) is 9.21. The number of hydrogen-bond donors (Lipinski definition) is 2. The van der Waals surface area contributed by atoms with Crippen LogP contribution in [0.3, 0.4) is 0 Å². The van der Waals surface area contributed by atoms with Gasteiger partial charge in [-0.3, -0.25) is 9.67 Å². The van der Waals surface area contributed by atoms with Gasteiger partial charge in [0.25, 0.3) is 0 Å². The zero-order valence-electron chi connectivity index (χ0n) is 19.1. The van der Waals surface area contributed by atoms with Gasteiger partial charge in [-0.15, -0.1) is 0 Å². The van der Waals surface area contributed by atoms with Crippen LogP contribution >= 0.6 is 0 Å². The molecular weight excluding hydrogens is 424 g/mol. The number of nitrogen functional groups attached to an aromatic ring is 1. The van der Waals surface area contributed by atoms with E-state index < -0.39 is 11.3 Å². The average Bonchev–Trinajstić information content (AvgIpc) is 3.32. The summed E-state index contributed by atoms with van der Waals surface area (Å²) in [5.74, 6) is -2.32. The molecule has 4 rings (SSSR count). The minimum atomic E-state index is -2.59. The average molecular weight is 454 g/mol. The predicted molar refractivity (Wildman–Crippen MR) is 126 cm³/mol. The van der Waals surface area contributed by atoms with E-state index in [2.05, 4.69) is 5.10 Å². The number of hydrogen-bond acceptors (Lipinski definition) is 5. The third-order valence-corrected chi connectivity index (χ3v) is 6.20. The van der Waals surface area contributed by atoms with E-state index in [1.165, 1.54) is 7.11 Å². The summed E-state index contributed by atoms with van der Waals surface area (Å²) >= 11 is 0. The number of pyridine rings is 1. The molecular formula is C25H29F2N5O. The third kappa shape index (κ3) is 4.99. The van der Waals surface area contributed by atoms with Crippen LogP contribution in [0.5, 0.6) is 0 Å². The van der Waals surface area contributed by atoms with E-state index in [1.807, 2.05) is 50.4 Å². The van der Waals surface area contributed by atoms with Gasteiger partial charge >= 0.3 is 0 Å². The first kappa shape index (κ1) is 22.8. The van der Waals surface area contributed by atoms with Crippen LogP contribution in [0.4, 0.5) is 14.5 Å². The first-order chi connectivity index (χ1) is 15.6. The molecule has 1 saturated carbocycles. The van der Waals surface area contributed by atoms with Crippen molar-refractivity contribution in [3.05, 3.63) is 59.9 Å². The summed E-state index contributed by atoms with van der Waals surface area (Å²) in [4.78, 5) is 4.76. The Kier molecular flexibility index (Phi) is 5.86. The van der Waals surface area contributed by atoms with Crippen molar-refractivity contribution in [1.29, 1.82) is 0 Å². The lowest BCUT2D eigenvalue weighted by Crippen LogP contribution is -2.23. The lowest BCUT2D eigenvalue weighted by atomic mass is 9.89. The number of methoxy groups -OCH3 is 1. The molecule has 0 bridgehead atoms. The van der Waals surface area contributed by atoms with Crippen molar-refractivity contribution >= 4 is 11.8 Å². The van der Waals surface area contributed by atoms with Gasteiger partial charge in [-0.05, 0) is 30.9 Å². The van der Waals surface area contributed by atoms with Gasteiger partial charge in [0.1, 0.15) is 0 Å². The SMILES string of the molecule is CO/C(N)=C/c1ccc(-c2nc(C)ccc2-c2cnn(CC3(C)CCC(F)(F)C3)c2)cc1N. The quantitative estimate of drug-likeness (QED) is 0.394. The lowest BCUT2D eigenvalue weighted by molar-refractivity contribution is -0.00411. The standard InChI is InChI=1S/C25H29F2N5O/c1-16-4-7-20(19-12-30-32(13-19)15-24(2)8-9-25(26,27)14-24)23(31-16)18-6-5-17(21(28)10-18)11-22(29)33-3/h4-7,10-13H,8-9,14-15,28-29H2,1-3H3/b22-11+. The van der Waals surface area contributed by atoms with Crippen LogP contribution in [-0.2, 0) is 11.3 Å². The van der Waals surface area contributed by atoms with E-state index in [0.29, 0.717) is 18.7 Å². The molecule has 1 aromatic carbocycles. The molecule has 8 heteroatoms. The summed E-state index contributed by atoms with van der Waals surface area (Å²) in [7, 11) is 1.50.